The second-order valence-electron chi connectivity index (χ2n) is 32.2. The Morgan fingerprint density at radius 1 is 0.114 bits per heavy atom. The Bertz CT molecular complexity index is 8580. The summed E-state index contributed by atoms with van der Waals surface area (Å²) < 4.78 is 19.3. The highest BCUT2D eigenvalue weighted by molar-refractivity contribution is 6.28. The molecule has 0 aliphatic carbocycles. The first kappa shape index (κ1) is 71.0. The molecule has 3 aromatic heterocycles. The number of furan rings is 3. The number of benzene rings is 23. The summed E-state index contributed by atoms with van der Waals surface area (Å²) in [7, 11) is 0. The largest absolute Gasteiger partial charge is 0.455 e. The van der Waals surface area contributed by atoms with E-state index >= 15 is 0 Å². The Morgan fingerprint density at radius 3 is 0.699 bits per heavy atom. The maximum absolute atomic E-state index is 6.46. The molecule has 0 N–H and O–H groups in total. The normalized spacial score (nSPS) is 11.7. The van der Waals surface area contributed by atoms with Crippen LogP contribution in [0.4, 0.5) is 0 Å². The second-order valence-corrected chi connectivity index (χ2v) is 32.2. The molecular formula is C120H74O3. The smallest absolute Gasteiger partial charge is 0.143 e. The van der Waals surface area contributed by atoms with E-state index in [4.69, 9.17) is 13.3 Å². The summed E-state index contributed by atoms with van der Waals surface area (Å²) in [5.41, 5.74) is 25.4. The van der Waals surface area contributed by atoms with Crippen LogP contribution in [-0.4, -0.2) is 0 Å². The molecule has 123 heavy (non-hydrogen) atoms. The van der Waals surface area contributed by atoms with Crippen LogP contribution >= 0.6 is 0 Å². The zero-order valence-corrected chi connectivity index (χ0v) is 66.9. The van der Waals surface area contributed by atoms with Gasteiger partial charge in [0.15, 0.2) is 0 Å². The van der Waals surface area contributed by atoms with Crippen LogP contribution in [0.5, 0.6) is 0 Å². The predicted octanol–water partition coefficient (Wildman–Crippen LogP) is 34.5. The van der Waals surface area contributed by atoms with Crippen molar-refractivity contribution in [1.29, 1.82) is 0 Å². The van der Waals surface area contributed by atoms with Crippen molar-refractivity contribution in [3.05, 3.63) is 449 Å². The van der Waals surface area contributed by atoms with E-state index in [1.807, 2.05) is 0 Å². The molecular weight excluding hydrogens is 1490 g/mol. The van der Waals surface area contributed by atoms with Gasteiger partial charge in [-0.25, -0.2) is 0 Å². The molecule has 0 aliphatic heterocycles. The fourth-order valence-corrected chi connectivity index (χ4v) is 19.9. The first-order chi connectivity index (χ1) is 61.0. The summed E-state index contributed by atoms with van der Waals surface area (Å²) in [6.07, 6.45) is 0. The van der Waals surface area contributed by atoms with Crippen LogP contribution in [0, 0.1) is 0 Å². The summed E-state index contributed by atoms with van der Waals surface area (Å²) in [5.74, 6) is 0. The first-order valence-corrected chi connectivity index (χ1v) is 42.2. The van der Waals surface area contributed by atoms with Crippen LogP contribution in [0.25, 0.3) is 252 Å². The van der Waals surface area contributed by atoms with Gasteiger partial charge in [-0.05, 0) is 230 Å². The van der Waals surface area contributed by atoms with E-state index < -0.39 is 0 Å². The molecule has 3 heteroatoms. The molecule has 3 heterocycles. The van der Waals surface area contributed by atoms with Crippen molar-refractivity contribution in [2.75, 3.05) is 0 Å². The molecule has 0 bridgehead atoms. The maximum Gasteiger partial charge on any atom is 0.143 e. The standard InChI is InChI=1S/2C42H26O.C36H22O/c1-2-11-27(12-3-1)29-14-10-15-30(25-29)40-33-17-6-8-19-35(33)41(36-20-9-7-18-34(36)40)31-22-24-39-38(26-31)37-23-21-28-13-4-5-16-32(28)42(37)43-39;1-2-12-27(13-3-1)30-15-6-7-17-32(30)41-35-20-10-8-18-33(35)40(34-19-9-11-21-36(34)41)29-23-25-39-38(26-29)37-24-22-28-14-4-5-16-31(28)42(37)43-39;1-2-11-24(12-3-1)34-27-14-6-8-16-29(27)35(30-17-9-7-15-28(30)34)25-19-21-33-32(22-25)31-20-18-23-10-4-5-13-26(23)36(31)37-33/h2*1-26H;1-22H. The molecule has 26 rings (SSSR count). The lowest BCUT2D eigenvalue weighted by Gasteiger charge is -2.19. The Hall–Kier alpha value is -16.2. The average Bonchev–Trinajstić information content (AvgIpc) is 1.52. The Morgan fingerprint density at radius 2 is 0.358 bits per heavy atom. The van der Waals surface area contributed by atoms with Gasteiger partial charge in [0.25, 0.3) is 0 Å². The molecule has 0 saturated carbocycles. The Kier molecular flexibility index (Phi) is 17.0. The van der Waals surface area contributed by atoms with Gasteiger partial charge in [-0.2, -0.15) is 0 Å². The molecule has 572 valence electrons. The summed E-state index contributed by atoms with van der Waals surface area (Å²) >= 11 is 0. The predicted molar refractivity (Wildman–Crippen MR) is 522 cm³/mol. The van der Waals surface area contributed by atoms with Crippen molar-refractivity contribution in [3.8, 4) is 89.0 Å². The number of rotatable bonds is 8. The highest BCUT2D eigenvalue weighted by Gasteiger charge is 2.25. The molecule has 0 radical (unpaired) electrons. The van der Waals surface area contributed by atoms with Gasteiger partial charge < -0.3 is 13.3 Å². The molecule has 0 aliphatic rings. The van der Waals surface area contributed by atoms with E-state index in [9.17, 15) is 0 Å². The third-order valence-electron chi connectivity index (χ3n) is 25.3. The number of hydrogen-bond donors (Lipinski definition) is 0. The first-order valence-electron chi connectivity index (χ1n) is 42.2. The van der Waals surface area contributed by atoms with Gasteiger partial charge in [-0.3, -0.25) is 0 Å². The van der Waals surface area contributed by atoms with Crippen LogP contribution < -0.4 is 0 Å². The van der Waals surface area contributed by atoms with Crippen LogP contribution in [0.3, 0.4) is 0 Å². The molecule has 0 spiro atoms. The van der Waals surface area contributed by atoms with E-state index in [-0.39, 0.29) is 0 Å². The van der Waals surface area contributed by atoms with Gasteiger partial charge in [-0.15, -0.1) is 0 Å². The van der Waals surface area contributed by atoms with Gasteiger partial charge in [0.1, 0.15) is 33.5 Å². The third kappa shape index (κ3) is 11.9. The van der Waals surface area contributed by atoms with Crippen LogP contribution in [0.1, 0.15) is 0 Å². The van der Waals surface area contributed by atoms with Gasteiger partial charge in [-0.1, -0.05) is 388 Å². The minimum Gasteiger partial charge on any atom is -0.455 e. The summed E-state index contributed by atoms with van der Waals surface area (Å²) in [5, 5.41) is 29.0. The molecule has 23 aromatic carbocycles. The van der Waals surface area contributed by atoms with Crippen molar-refractivity contribution in [2.45, 2.75) is 0 Å². The molecule has 0 amide bonds. The van der Waals surface area contributed by atoms with Crippen LogP contribution in [0.15, 0.2) is 462 Å². The number of fused-ring (bicyclic) bond motifs is 21. The highest BCUT2D eigenvalue weighted by atomic mass is 16.3. The number of hydrogen-bond acceptors (Lipinski definition) is 3. The SMILES string of the molecule is c1ccc(-c2c3ccccc3c(-c3ccc4oc5c6ccccc6ccc5c4c3)c3ccccc23)cc1.c1ccc(-c2cccc(-c3c4ccccc4c(-c4ccc5oc6c7ccccc7ccc6c5c4)c4ccccc34)c2)cc1.c1ccc(-c2ccccc2-c2c3ccccc3c(-c3ccc4oc5c6ccccc6ccc5c4c3)c3ccccc23)cc1. The van der Waals surface area contributed by atoms with E-state index in [0.29, 0.717) is 0 Å². The molecule has 0 unspecified atom stereocenters. The van der Waals surface area contributed by atoms with Gasteiger partial charge in [0.2, 0.25) is 0 Å². The van der Waals surface area contributed by atoms with Crippen molar-refractivity contribution < 1.29 is 13.3 Å². The summed E-state index contributed by atoms with van der Waals surface area (Å²) in [6.45, 7) is 0. The topological polar surface area (TPSA) is 39.4 Å². The van der Waals surface area contributed by atoms with Crippen molar-refractivity contribution in [2.24, 2.45) is 0 Å². The molecule has 0 saturated heterocycles. The monoisotopic (exact) mass is 1560 g/mol. The van der Waals surface area contributed by atoms with Gasteiger partial charge in [0, 0.05) is 48.5 Å². The van der Waals surface area contributed by atoms with Gasteiger partial charge in [0.05, 0.1) is 0 Å². The Labute approximate surface area is 709 Å². The van der Waals surface area contributed by atoms with E-state index in [1.165, 1.54) is 170 Å². The Balaban J connectivity index is 0.000000104. The molecule has 26 aromatic rings. The third-order valence-corrected chi connectivity index (χ3v) is 25.3. The summed E-state index contributed by atoms with van der Waals surface area (Å²) in [4.78, 5) is 0. The minimum absolute atomic E-state index is 0.914. The van der Waals surface area contributed by atoms with Gasteiger partial charge >= 0.3 is 0 Å². The lowest BCUT2D eigenvalue weighted by Crippen LogP contribution is -1.92. The maximum atomic E-state index is 6.46. The van der Waals surface area contributed by atoms with Crippen molar-refractivity contribution >= 4 is 163 Å². The molecule has 0 atom stereocenters. The fraction of sp³-hybridized carbons (Fsp3) is 0. The lowest BCUT2D eigenvalue weighted by atomic mass is 9.83. The van der Waals surface area contributed by atoms with E-state index in [2.05, 4.69) is 449 Å². The zero-order valence-electron chi connectivity index (χ0n) is 66.9. The average molecular weight is 1560 g/mol. The van der Waals surface area contributed by atoms with E-state index in [1.54, 1.807) is 0 Å². The zero-order chi connectivity index (χ0) is 81.0. The molecule has 0 fully saturated rings. The lowest BCUT2D eigenvalue weighted by molar-refractivity contribution is 0.672. The fourth-order valence-electron chi connectivity index (χ4n) is 19.9. The minimum atomic E-state index is 0.914. The van der Waals surface area contributed by atoms with Crippen LogP contribution in [0.2, 0.25) is 0 Å². The second kappa shape index (κ2) is 29.4. The quantitative estimate of drug-likeness (QED) is 0.142. The summed E-state index contributed by atoms with van der Waals surface area (Å²) in [6, 6.07) is 161. The highest BCUT2D eigenvalue weighted by Crippen LogP contribution is 2.51. The molecule has 3 nitrogen and oxygen atoms in total. The van der Waals surface area contributed by atoms with E-state index in [0.717, 1.165) is 82.0 Å². The van der Waals surface area contributed by atoms with Crippen molar-refractivity contribution in [1.82, 2.24) is 0 Å². The van der Waals surface area contributed by atoms with Crippen LogP contribution in [-0.2, 0) is 0 Å². The van der Waals surface area contributed by atoms with Crippen molar-refractivity contribution in [3.63, 3.8) is 0 Å².